The molecule has 43 heavy (non-hydrogen) atoms. The van der Waals surface area contributed by atoms with Gasteiger partial charge in [0.1, 0.15) is 28.9 Å². The van der Waals surface area contributed by atoms with Gasteiger partial charge in [-0.15, -0.1) is 0 Å². The average molecular weight is 583 g/mol. The minimum absolute atomic E-state index is 0.0155. The zero-order chi connectivity index (χ0) is 30.8. The number of amides is 1. The van der Waals surface area contributed by atoms with Gasteiger partial charge in [0.25, 0.3) is 0 Å². The van der Waals surface area contributed by atoms with Crippen LogP contribution in [0.2, 0.25) is 0 Å². The Bertz CT molecular complexity index is 1440. The molecular formula is C35H39FN4O3. The van der Waals surface area contributed by atoms with Gasteiger partial charge in [0.05, 0.1) is 12.4 Å². The SMILES string of the molecule is C=Cc1ccc(C(CC)C(CCC(=O)C2CCN(c3cnc(C#CC)cn3)CC2)N(C)C(=O)Oc2ccc(F)cc2)cc1. The Morgan fingerprint density at radius 1 is 1.12 bits per heavy atom. The van der Waals surface area contributed by atoms with E-state index in [1.54, 1.807) is 37.3 Å². The van der Waals surface area contributed by atoms with Crippen molar-refractivity contribution in [1.29, 1.82) is 0 Å². The van der Waals surface area contributed by atoms with Crippen LogP contribution in [0.25, 0.3) is 6.08 Å². The van der Waals surface area contributed by atoms with Crippen LogP contribution in [-0.2, 0) is 4.79 Å². The number of ketones is 1. The van der Waals surface area contributed by atoms with Crippen molar-refractivity contribution in [2.75, 3.05) is 25.0 Å². The molecule has 0 aliphatic carbocycles. The number of nitrogens with zero attached hydrogens (tertiary/aromatic N) is 4. The summed E-state index contributed by atoms with van der Waals surface area (Å²) >= 11 is 0. The lowest BCUT2D eigenvalue weighted by Gasteiger charge is -2.35. The number of piperidine rings is 1. The molecule has 0 bridgehead atoms. The number of hydrogen-bond acceptors (Lipinski definition) is 6. The van der Waals surface area contributed by atoms with Crippen LogP contribution in [0.5, 0.6) is 5.75 Å². The number of carbonyl (C=O) groups excluding carboxylic acids is 2. The average Bonchev–Trinajstić information content (AvgIpc) is 3.04. The van der Waals surface area contributed by atoms with E-state index in [0.29, 0.717) is 18.5 Å². The summed E-state index contributed by atoms with van der Waals surface area (Å²) in [7, 11) is 1.71. The van der Waals surface area contributed by atoms with Crippen molar-refractivity contribution in [3.8, 4) is 17.6 Å². The number of rotatable bonds is 11. The number of benzene rings is 2. The fraction of sp³-hybridized carbons (Fsp3) is 0.371. The lowest BCUT2D eigenvalue weighted by Crippen LogP contribution is -2.43. The first-order valence-electron chi connectivity index (χ1n) is 14.8. The molecule has 2 unspecified atom stereocenters. The Morgan fingerprint density at radius 3 is 2.40 bits per heavy atom. The Labute approximate surface area is 253 Å². The van der Waals surface area contributed by atoms with Crippen LogP contribution in [0.1, 0.15) is 68.7 Å². The van der Waals surface area contributed by atoms with Gasteiger partial charge in [-0.3, -0.25) is 4.79 Å². The minimum Gasteiger partial charge on any atom is -0.410 e. The van der Waals surface area contributed by atoms with Gasteiger partial charge in [0, 0.05) is 44.4 Å². The maximum atomic E-state index is 13.5. The summed E-state index contributed by atoms with van der Waals surface area (Å²) in [5, 5.41) is 0. The molecule has 8 heteroatoms. The van der Waals surface area contributed by atoms with Gasteiger partial charge < -0.3 is 14.5 Å². The van der Waals surface area contributed by atoms with E-state index in [1.807, 2.05) is 12.1 Å². The molecule has 7 nitrogen and oxygen atoms in total. The van der Waals surface area contributed by atoms with Crippen LogP contribution in [0.3, 0.4) is 0 Å². The van der Waals surface area contributed by atoms with Gasteiger partial charge >= 0.3 is 6.09 Å². The molecule has 0 N–H and O–H groups in total. The summed E-state index contributed by atoms with van der Waals surface area (Å²) in [5.41, 5.74) is 2.73. The highest BCUT2D eigenvalue weighted by Crippen LogP contribution is 2.32. The van der Waals surface area contributed by atoms with Gasteiger partial charge in [0.15, 0.2) is 0 Å². The van der Waals surface area contributed by atoms with Gasteiger partial charge in [-0.05, 0) is 73.9 Å². The molecule has 2 aromatic carbocycles. The summed E-state index contributed by atoms with van der Waals surface area (Å²) in [5.74, 6) is 6.53. The van der Waals surface area contributed by atoms with Crippen molar-refractivity contribution >= 4 is 23.8 Å². The monoisotopic (exact) mass is 582 g/mol. The van der Waals surface area contributed by atoms with E-state index in [4.69, 9.17) is 4.74 Å². The molecule has 1 aromatic heterocycles. The van der Waals surface area contributed by atoms with Crippen molar-refractivity contribution in [2.45, 2.75) is 57.9 Å². The third kappa shape index (κ3) is 8.29. The molecule has 0 spiro atoms. The fourth-order valence-electron chi connectivity index (χ4n) is 5.69. The second-order valence-electron chi connectivity index (χ2n) is 10.8. The van der Waals surface area contributed by atoms with Crippen LogP contribution in [0.15, 0.2) is 67.5 Å². The normalized spacial score (nSPS) is 14.7. The summed E-state index contributed by atoms with van der Waals surface area (Å²) < 4.78 is 19.0. The maximum absolute atomic E-state index is 13.5. The van der Waals surface area contributed by atoms with Crippen molar-refractivity contribution in [2.24, 2.45) is 5.92 Å². The third-order valence-corrected chi connectivity index (χ3v) is 8.16. The number of ether oxygens (including phenoxy) is 1. The summed E-state index contributed by atoms with van der Waals surface area (Å²) in [6, 6.07) is 13.2. The number of carbonyl (C=O) groups is 2. The topological polar surface area (TPSA) is 75.6 Å². The van der Waals surface area contributed by atoms with Crippen LogP contribution >= 0.6 is 0 Å². The molecule has 1 fully saturated rings. The van der Waals surface area contributed by atoms with Gasteiger partial charge in [-0.1, -0.05) is 49.8 Å². The molecule has 2 heterocycles. The zero-order valence-electron chi connectivity index (χ0n) is 25.1. The van der Waals surface area contributed by atoms with E-state index in [-0.39, 0.29) is 29.4 Å². The first-order valence-corrected chi connectivity index (χ1v) is 14.8. The van der Waals surface area contributed by atoms with Crippen molar-refractivity contribution in [3.63, 3.8) is 0 Å². The van der Waals surface area contributed by atoms with Gasteiger partial charge in [0.2, 0.25) is 0 Å². The molecule has 224 valence electrons. The summed E-state index contributed by atoms with van der Waals surface area (Å²) in [6.45, 7) is 9.14. The Hall–Kier alpha value is -4.51. The number of hydrogen-bond donors (Lipinski definition) is 0. The van der Waals surface area contributed by atoms with Crippen molar-refractivity contribution < 1.29 is 18.7 Å². The minimum atomic E-state index is -0.546. The number of halogens is 1. The van der Waals surface area contributed by atoms with Crippen LogP contribution in [0.4, 0.5) is 15.0 Å². The molecule has 0 saturated carbocycles. The van der Waals surface area contributed by atoms with E-state index >= 15 is 0 Å². The second-order valence-corrected chi connectivity index (χ2v) is 10.8. The summed E-state index contributed by atoms with van der Waals surface area (Å²) in [4.78, 5) is 39.3. The van der Waals surface area contributed by atoms with Crippen LogP contribution in [0, 0.1) is 23.6 Å². The number of anilines is 1. The van der Waals surface area contributed by atoms with Gasteiger partial charge in [-0.25, -0.2) is 19.2 Å². The first kappa shape index (κ1) is 31.4. The molecule has 1 aliphatic heterocycles. The standard InChI is InChI=1S/C35H39FN4O3/c1-5-8-29-23-38-34(24-37-29)40-21-19-27(20-22-40)33(41)18-17-32(31(7-3)26-11-9-25(6-2)10-12-26)39(4)35(42)43-30-15-13-28(36)14-16-30/h6,9-16,23-24,27,31-32H,2,7,17-22H2,1,3-4H3. The predicted octanol–water partition coefficient (Wildman–Crippen LogP) is 6.89. The van der Waals surface area contributed by atoms with E-state index in [2.05, 4.69) is 52.3 Å². The molecule has 0 radical (unpaired) electrons. The third-order valence-electron chi connectivity index (χ3n) is 8.16. The zero-order valence-corrected chi connectivity index (χ0v) is 25.1. The molecule has 4 rings (SSSR count). The lowest BCUT2D eigenvalue weighted by molar-refractivity contribution is -0.123. The molecule has 1 aliphatic rings. The first-order chi connectivity index (χ1) is 20.8. The Balaban J connectivity index is 1.43. The molecule has 1 amide bonds. The highest BCUT2D eigenvalue weighted by atomic mass is 19.1. The van der Waals surface area contributed by atoms with Crippen LogP contribution < -0.4 is 9.64 Å². The van der Waals surface area contributed by atoms with E-state index in [9.17, 15) is 14.0 Å². The smallest absolute Gasteiger partial charge is 0.410 e. The van der Waals surface area contributed by atoms with E-state index in [1.165, 1.54) is 24.3 Å². The summed E-state index contributed by atoms with van der Waals surface area (Å²) in [6.07, 6.45) is 7.76. The van der Waals surface area contributed by atoms with E-state index in [0.717, 1.165) is 49.3 Å². The fourth-order valence-corrected chi connectivity index (χ4v) is 5.69. The highest BCUT2D eigenvalue weighted by Gasteiger charge is 2.32. The number of Topliss-reactive ketones (excluding diaryl/α,β-unsaturated/α-hetero) is 1. The molecule has 2 atom stereocenters. The molecule has 3 aromatic rings. The maximum Gasteiger partial charge on any atom is 0.415 e. The van der Waals surface area contributed by atoms with E-state index < -0.39 is 11.9 Å². The largest absolute Gasteiger partial charge is 0.415 e. The van der Waals surface area contributed by atoms with Crippen molar-refractivity contribution in [1.82, 2.24) is 14.9 Å². The van der Waals surface area contributed by atoms with Crippen molar-refractivity contribution in [3.05, 3.63) is 90.1 Å². The molecular weight excluding hydrogens is 543 g/mol. The van der Waals surface area contributed by atoms with Crippen LogP contribution in [-0.4, -0.2) is 52.9 Å². The Morgan fingerprint density at radius 2 is 1.81 bits per heavy atom. The number of aromatic nitrogens is 2. The highest BCUT2D eigenvalue weighted by molar-refractivity contribution is 5.81. The Kier molecular flexibility index (Phi) is 11.0. The second kappa shape index (κ2) is 15.1. The molecule has 1 saturated heterocycles. The number of likely N-dealkylation sites (N-methyl/N-ethyl adjacent to an activating group) is 1. The lowest BCUT2D eigenvalue weighted by atomic mass is 9.83. The quantitative estimate of drug-likeness (QED) is 0.229. The van der Waals surface area contributed by atoms with Gasteiger partial charge in [-0.2, -0.15) is 0 Å². The predicted molar refractivity (Wildman–Crippen MR) is 167 cm³/mol.